The number of hydrogen-bond donors (Lipinski definition) is 1. The molecule has 16 heavy (non-hydrogen) atoms. The number of anilines is 1. The van der Waals surface area contributed by atoms with E-state index in [1.807, 2.05) is 0 Å². The molecule has 1 aromatic heterocycles. The maximum absolute atomic E-state index is 11.7. The molecule has 0 amide bonds. The van der Waals surface area contributed by atoms with E-state index in [-0.39, 0.29) is 5.97 Å². The predicted molar refractivity (Wildman–Crippen MR) is 63.1 cm³/mol. The first-order valence-electron chi connectivity index (χ1n) is 5.40. The summed E-state index contributed by atoms with van der Waals surface area (Å²) in [4.78, 5) is 15.7. The summed E-state index contributed by atoms with van der Waals surface area (Å²) >= 11 is 0. The van der Waals surface area contributed by atoms with Crippen LogP contribution in [0.25, 0.3) is 0 Å². The van der Waals surface area contributed by atoms with Crippen molar-refractivity contribution in [3.8, 4) is 0 Å². The largest absolute Gasteiger partial charge is 0.462 e. The zero-order chi connectivity index (χ0) is 12.1. The Labute approximate surface area is 95.8 Å². The number of carbonyl (C=O) groups is 1. The molecule has 0 saturated heterocycles. The highest BCUT2D eigenvalue weighted by molar-refractivity contribution is 5.91. The van der Waals surface area contributed by atoms with Gasteiger partial charge >= 0.3 is 5.97 Å². The summed E-state index contributed by atoms with van der Waals surface area (Å²) in [5, 5.41) is 0. The molecule has 0 aromatic carbocycles. The van der Waals surface area contributed by atoms with Gasteiger partial charge < -0.3 is 10.5 Å². The Balaban J connectivity index is 2.62. The molecule has 0 unspecified atom stereocenters. The first kappa shape index (κ1) is 12.5. The molecule has 4 nitrogen and oxygen atoms in total. The number of rotatable bonds is 4. The Bertz CT molecular complexity index is 375. The van der Waals surface area contributed by atoms with E-state index in [1.54, 1.807) is 13.0 Å². The highest BCUT2D eigenvalue weighted by Crippen LogP contribution is 2.11. The van der Waals surface area contributed by atoms with Gasteiger partial charge in [-0.3, -0.25) is 4.98 Å². The number of carbonyl (C=O) groups excluding carboxylic acids is 1. The fourth-order valence-corrected chi connectivity index (χ4v) is 1.22. The van der Waals surface area contributed by atoms with E-state index in [0.29, 0.717) is 29.5 Å². The number of nitrogens with two attached hydrogens (primary N) is 1. The summed E-state index contributed by atoms with van der Waals surface area (Å²) in [6.45, 7) is 6.37. The minimum Gasteiger partial charge on any atom is -0.462 e. The summed E-state index contributed by atoms with van der Waals surface area (Å²) in [5.74, 6) is 0.172. The van der Waals surface area contributed by atoms with Gasteiger partial charge in [-0.15, -0.1) is 0 Å². The number of esters is 1. The number of nitrogens with zero attached hydrogens (tertiary/aromatic N) is 1. The lowest BCUT2D eigenvalue weighted by atomic mass is 10.1. The average Bonchev–Trinajstić information content (AvgIpc) is 2.21. The quantitative estimate of drug-likeness (QED) is 0.793. The molecule has 1 heterocycles. The molecule has 0 saturated carbocycles. The number of ether oxygens (including phenoxy) is 1. The zero-order valence-corrected chi connectivity index (χ0v) is 9.99. The van der Waals surface area contributed by atoms with E-state index in [1.165, 1.54) is 6.20 Å². The molecule has 2 N–H and O–H groups in total. The van der Waals surface area contributed by atoms with Crippen molar-refractivity contribution in [2.45, 2.75) is 27.2 Å². The number of hydrogen-bond acceptors (Lipinski definition) is 4. The standard InChI is InChI=1S/C12H18N2O2/c1-8(2)4-5-16-12(15)11-6-10(13)7-14-9(11)3/h6-8H,4-5,13H2,1-3H3. The Morgan fingerprint density at radius 2 is 2.25 bits per heavy atom. The Morgan fingerprint density at radius 1 is 1.56 bits per heavy atom. The number of pyridine rings is 1. The van der Waals surface area contributed by atoms with Crippen molar-refractivity contribution in [2.24, 2.45) is 5.92 Å². The summed E-state index contributed by atoms with van der Waals surface area (Å²) in [6.07, 6.45) is 2.39. The fourth-order valence-electron chi connectivity index (χ4n) is 1.22. The summed E-state index contributed by atoms with van der Waals surface area (Å²) in [5.41, 5.74) is 7.14. The zero-order valence-electron chi connectivity index (χ0n) is 9.99. The maximum atomic E-state index is 11.7. The lowest BCUT2D eigenvalue weighted by Crippen LogP contribution is -2.11. The van der Waals surface area contributed by atoms with Gasteiger partial charge in [-0.1, -0.05) is 13.8 Å². The predicted octanol–water partition coefficient (Wildman–Crippen LogP) is 2.18. The van der Waals surface area contributed by atoms with Crippen LogP contribution in [0.2, 0.25) is 0 Å². The van der Waals surface area contributed by atoms with E-state index in [2.05, 4.69) is 18.8 Å². The minimum absolute atomic E-state index is 0.349. The maximum Gasteiger partial charge on any atom is 0.340 e. The van der Waals surface area contributed by atoms with E-state index >= 15 is 0 Å². The van der Waals surface area contributed by atoms with Gasteiger partial charge in [-0.25, -0.2) is 4.79 Å². The third-order valence-corrected chi connectivity index (χ3v) is 2.26. The van der Waals surface area contributed by atoms with Gasteiger partial charge in [0, 0.05) is 0 Å². The average molecular weight is 222 g/mol. The summed E-state index contributed by atoms with van der Waals surface area (Å²) in [7, 11) is 0. The molecule has 0 atom stereocenters. The van der Waals surface area contributed by atoms with Gasteiger partial charge in [0.05, 0.1) is 29.7 Å². The van der Waals surface area contributed by atoms with Crippen LogP contribution in [0.3, 0.4) is 0 Å². The van der Waals surface area contributed by atoms with Crippen molar-refractivity contribution in [1.82, 2.24) is 4.98 Å². The second-order valence-electron chi connectivity index (χ2n) is 4.22. The molecule has 0 fully saturated rings. The van der Waals surface area contributed by atoms with Crippen molar-refractivity contribution < 1.29 is 9.53 Å². The van der Waals surface area contributed by atoms with Crippen LogP contribution >= 0.6 is 0 Å². The molecule has 0 aliphatic heterocycles. The molecule has 0 bridgehead atoms. The van der Waals surface area contributed by atoms with Crippen LogP contribution in [0, 0.1) is 12.8 Å². The van der Waals surface area contributed by atoms with E-state index < -0.39 is 0 Å². The minimum atomic E-state index is -0.349. The number of aryl methyl sites for hydroxylation is 1. The van der Waals surface area contributed by atoms with Gasteiger partial charge in [0.25, 0.3) is 0 Å². The van der Waals surface area contributed by atoms with E-state index in [0.717, 1.165) is 6.42 Å². The summed E-state index contributed by atoms with van der Waals surface area (Å²) in [6, 6.07) is 1.60. The van der Waals surface area contributed by atoms with Crippen LogP contribution in [0.1, 0.15) is 36.3 Å². The third kappa shape index (κ3) is 3.53. The first-order valence-corrected chi connectivity index (χ1v) is 5.40. The van der Waals surface area contributed by atoms with Gasteiger partial charge in [0.2, 0.25) is 0 Å². The van der Waals surface area contributed by atoms with Crippen molar-refractivity contribution in [3.63, 3.8) is 0 Å². The smallest absolute Gasteiger partial charge is 0.340 e. The fraction of sp³-hybridized carbons (Fsp3) is 0.500. The lowest BCUT2D eigenvalue weighted by molar-refractivity contribution is 0.0487. The van der Waals surface area contributed by atoms with Gasteiger partial charge in [0.15, 0.2) is 0 Å². The van der Waals surface area contributed by atoms with Crippen LogP contribution < -0.4 is 5.73 Å². The summed E-state index contributed by atoms with van der Waals surface area (Å²) < 4.78 is 5.14. The van der Waals surface area contributed by atoms with Gasteiger partial charge in [-0.05, 0) is 25.3 Å². The van der Waals surface area contributed by atoms with Crippen LogP contribution in [0.15, 0.2) is 12.3 Å². The van der Waals surface area contributed by atoms with Crippen LogP contribution in [0.5, 0.6) is 0 Å². The van der Waals surface area contributed by atoms with Crippen molar-refractivity contribution in [3.05, 3.63) is 23.5 Å². The second-order valence-corrected chi connectivity index (χ2v) is 4.22. The van der Waals surface area contributed by atoms with E-state index in [4.69, 9.17) is 10.5 Å². The SMILES string of the molecule is Cc1ncc(N)cc1C(=O)OCCC(C)C. The molecule has 1 rings (SSSR count). The highest BCUT2D eigenvalue weighted by atomic mass is 16.5. The third-order valence-electron chi connectivity index (χ3n) is 2.26. The molecule has 0 aliphatic carbocycles. The molecule has 0 aliphatic rings. The Hall–Kier alpha value is -1.58. The lowest BCUT2D eigenvalue weighted by Gasteiger charge is -2.08. The second kappa shape index (κ2) is 5.49. The van der Waals surface area contributed by atoms with Crippen LogP contribution in [0.4, 0.5) is 5.69 Å². The molecular weight excluding hydrogens is 204 g/mol. The number of aromatic nitrogens is 1. The van der Waals surface area contributed by atoms with Crippen LogP contribution in [-0.2, 0) is 4.74 Å². The van der Waals surface area contributed by atoms with Gasteiger partial charge in [0.1, 0.15) is 0 Å². The molecule has 88 valence electrons. The monoisotopic (exact) mass is 222 g/mol. The number of nitrogen functional groups attached to an aromatic ring is 1. The van der Waals surface area contributed by atoms with E-state index in [9.17, 15) is 4.79 Å². The van der Waals surface area contributed by atoms with Gasteiger partial charge in [-0.2, -0.15) is 0 Å². The first-order chi connectivity index (χ1) is 7.50. The van der Waals surface area contributed by atoms with Crippen molar-refractivity contribution in [1.29, 1.82) is 0 Å². The highest BCUT2D eigenvalue weighted by Gasteiger charge is 2.11. The Morgan fingerprint density at radius 3 is 2.88 bits per heavy atom. The Kier molecular flexibility index (Phi) is 4.28. The normalized spacial score (nSPS) is 10.5. The molecule has 0 radical (unpaired) electrons. The molecule has 4 heteroatoms. The van der Waals surface area contributed by atoms with Crippen molar-refractivity contribution in [2.75, 3.05) is 12.3 Å². The van der Waals surface area contributed by atoms with Crippen molar-refractivity contribution >= 4 is 11.7 Å². The van der Waals surface area contributed by atoms with Crippen LogP contribution in [-0.4, -0.2) is 17.6 Å². The topological polar surface area (TPSA) is 65.2 Å². The molecule has 0 spiro atoms. The molecule has 1 aromatic rings. The molecular formula is C12H18N2O2.